The molecule has 0 aliphatic rings. The summed E-state index contributed by atoms with van der Waals surface area (Å²) in [4.78, 5) is 0. The summed E-state index contributed by atoms with van der Waals surface area (Å²) < 4.78 is 24.4. The molecule has 0 aliphatic carbocycles. The Bertz CT molecular complexity index is 72.7. The highest BCUT2D eigenvalue weighted by Crippen LogP contribution is 2.33. The molecule has 0 aliphatic heterocycles. The molecule has 44 valence electrons. The van der Waals surface area contributed by atoms with E-state index in [1.54, 1.807) is 6.92 Å². The van der Waals surface area contributed by atoms with Crippen molar-refractivity contribution in [2.45, 2.75) is 6.92 Å². The Kier molecular flexibility index (Phi) is 2.31. The average molecular weight is 124 g/mol. The van der Waals surface area contributed by atoms with Crippen LogP contribution in [0.25, 0.3) is 0 Å². The summed E-state index contributed by atoms with van der Waals surface area (Å²) in [6.45, 7) is 1.59. The lowest BCUT2D eigenvalue weighted by Gasteiger charge is -2.11. The van der Waals surface area contributed by atoms with E-state index in [2.05, 4.69) is 0 Å². The van der Waals surface area contributed by atoms with E-state index in [0.29, 0.717) is 0 Å². The third kappa shape index (κ3) is 5.97. The second-order valence-electron chi connectivity index (χ2n) is 1.03. The molecule has 0 spiro atoms. The van der Waals surface area contributed by atoms with Crippen molar-refractivity contribution >= 4 is 10.9 Å². The van der Waals surface area contributed by atoms with Gasteiger partial charge < -0.3 is 13.7 Å². The molecule has 3 N–H and O–H groups in total. The van der Waals surface area contributed by atoms with Gasteiger partial charge in [-0.2, -0.15) is 0 Å². The first kappa shape index (κ1) is 6.97. The number of allylic oxidation sites excluding steroid dienone is 1. The Morgan fingerprint density at radius 3 is 1.71 bits per heavy atom. The number of hydrogen-bond acceptors (Lipinski definition) is 3. The van der Waals surface area contributed by atoms with Crippen molar-refractivity contribution in [2.75, 3.05) is 0 Å². The summed E-state index contributed by atoms with van der Waals surface area (Å²) in [5.41, 5.74) is 0. The van der Waals surface area contributed by atoms with Crippen molar-refractivity contribution in [1.82, 2.24) is 0 Å². The fourth-order valence-electron chi connectivity index (χ4n) is 0.183. The topological polar surface area (TPSA) is 60.7 Å². The lowest BCUT2D eigenvalue weighted by molar-refractivity contribution is 0.389. The summed E-state index contributed by atoms with van der Waals surface area (Å²) in [7, 11) is -3.35. The minimum atomic E-state index is -3.35. The van der Waals surface area contributed by atoms with E-state index in [4.69, 9.17) is 13.7 Å². The van der Waals surface area contributed by atoms with Crippen LogP contribution >= 0.6 is 10.9 Å². The van der Waals surface area contributed by atoms with Gasteiger partial charge in [0.2, 0.25) is 0 Å². The monoisotopic (exact) mass is 124 g/mol. The molecule has 0 saturated carbocycles. The zero-order valence-corrected chi connectivity index (χ0v) is 4.72. The van der Waals surface area contributed by atoms with E-state index in [0.717, 1.165) is 5.41 Å². The van der Waals surface area contributed by atoms with E-state index >= 15 is 0 Å². The molecule has 0 bridgehead atoms. The van der Waals surface area contributed by atoms with Crippen LogP contribution in [0.1, 0.15) is 6.92 Å². The Balaban J connectivity index is 3.56. The van der Waals surface area contributed by atoms with Gasteiger partial charge in [0.25, 0.3) is 0 Å². The van der Waals surface area contributed by atoms with Gasteiger partial charge in [0.05, 0.1) is 0 Å². The van der Waals surface area contributed by atoms with Gasteiger partial charge in [0, 0.05) is 5.41 Å². The number of rotatable bonds is 1. The molecule has 0 aromatic heterocycles. The van der Waals surface area contributed by atoms with Crippen LogP contribution < -0.4 is 0 Å². The second kappa shape index (κ2) is 2.32. The average Bonchev–Trinajstić information content (AvgIpc) is 1.30. The van der Waals surface area contributed by atoms with E-state index in [1.165, 1.54) is 6.08 Å². The summed E-state index contributed by atoms with van der Waals surface area (Å²) in [5.74, 6) is 0. The minimum absolute atomic E-state index is 0.938. The van der Waals surface area contributed by atoms with Gasteiger partial charge in [-0.1, -0.05) is 6.08 Å². The normalized spacial score (nSPS) is 15.4. The van der Waals surface area contributed by atoms with Crippen molar-refractivity contribution in [2.24, 2.45) is 0 Å². The highest BCUT2D eigenvalue weighted by molar-refractivity contribution is 8.22. The number of hydrogen-bond donors (Lipinski definition) is 3. The van der Waals surface area contributed by atoms with Crippen LogP contribution in [-0.2, 0) is 0 Å². The smallest absolute Gasteiger partial charge is 0.105 e. The van der Waals surface area contributed by atoms with Gasteiger partial charge in [-0.15, -0.1) is 0 Å². The molecular weight excluding hydrogens is 116 g/mol. The molecule has 0 amide bonds. The fraction of sp³-hybridized carbons (Fsp3) is 0.333. The van der Waals surface area contributed by atoms with Gasteiger partial charge >= 0.3 is 0 Å². The molecule has 0 saturated heterocycles. The van der Waals surface area contributed by atoms with Crippen LogP contribution in [0.3, 0.4) is 0 Å². The Morgan fingerprint density at radius 1 is 1.29 bits per heavy atom. The van der Waals surface area contributed by atoms with Crippen LogP contribution in [0.5, 0.6) is 0 Å². The maximum Gasteiger partial charge on any atom is 0.105 e. The minimum Gasteiger partial charge on any atom is -0.305 e. The third-order valence-electron chi connectivity index (χ3n) is 0.319. The van der Waals surface area contributed by atoms with Crippen LogP contribution in [0.2, 0.25) is 0 Å². The van der Waals surface area contributed by atoms with Gasteiger partial charge in [-0.3, -0.25) is 0 Å². The van der Waals surface area contributed by atoms with Crippen LogP contribution in [0.15, 0.2) is 11.5 Å². The molecule has 0 rings (SSSR count). The summed E-state index contributed by atoms with van der Waals surface area (Å²) in [6.07, 6.45) is 1.37. The summed E-state index contributed by atoms with van der Waals surface area (Å²) in [6, 6.07) is 0. The van der Waals surface area contributed by atoms with Crippen molar-refractivity contribution in [1.29, 1.82) is 0 Å². The van der Waals surface area contributed by atoms with Crippen LogP contribution in [0, 0.1) is 0 Å². The first-order valence-corrected chi connectivity index (χ1v) is 3.26. The zero-order valence-electron chi connectivity index (χ0n) is 3.90. The Morgan fingerprint density at radius 2 is 1.71 bits per heavy atom. The highest BCUT2D eigenvalue weighted by atomic mass is 32.3. The predicted octanol–water partition coefficient (Wildman–Crippen LogP) is 1.74. The largest absolute Gasteiger partial charge is 0.305 e. The molecule has 0 heterocycles. The molecule has 0 unspecified atom stereocenters. The molecular formula is C3H8O3S. The van der Waals surface area contributed by atoms with Gasteiger partial charge in [-0.05, 0) is 6.92 Å². The molecule has 7 heavy (non-hydrogen) atoms. The quantitative estimate of drug-likeness (QED) is 0.499. The van der Waals surface area contributed by atoms with E-state index in [9.17, 15) is 0 Å². The lowest BCUT2D eigenvalue weighted by Crippen LogP contribution is -1.86. The van der Waals surface area contributed by atoms with Gasteiger partial charge in [0.15, 0.2) is 0 Å². The SMILES string of the molecule is CC=CS(O)(O)O. The van der Waals surface area contributed by atoms with Crippen molar-refractivity contribution in [3.05, 3.63) is 11.5 Å². The Labute approximate surface area is 43.8 Å². The molecule has 0 aromatic rings. The molecule has 4 heteroatoms. The van der Waals surface area contributed by atoms with Crippen molar-refractivity contribution < 1.29 is 13.7 Å². The molecule has 0 fully saturated rings. The summed E-state index contributed by atoms with van der Waals surface area (Å²) in [5, 5.41) is 0.938. The third-order valence-corrected chi connectivity index (χ3v) is 0.956. The lowest BCUT2D eigenvalue weighted by atomic mass is 10.8. The fourth-order valence-corrected chi connectivity index (χ4v) is 0.548. The molecule has 0 aromatic carbocycles. The molecule has 0 atom stereocenters. The van der Waals surface area contributed by atoms with Crippen LogP contribution in [-0.4, -0.2) is 13.7 Å². The molecule has 3 nitrogen and oxygen atoms in total. The van der Waals surface area contributed by atoms with E-state index in [1.807, 2.05) is 0 Å². The highest BCUT2D eigenvalue weighted by Gasteiger charge is 2.01. The maximum absolute atomic E-state index is 8.13. The molecule has 0 radical (unpaired) electrons. The van der Waals surface area contributed by atoms with E-state index in [-0.39, 0.29) is 0 Å². The van der Waals surface area contributed by atoms with E-state index < -0.39 is 10.9 Å². The van der Waals surface area contributed by atoms with Crippen molar-refractivity contribution in [3.8, 4) is 0 Å². The second-order valence-corrected chi connectivity index (χ2v) is 2.43. The maximum atomic E-state index is 8.13. The summed E-state index contributed by atoms with van der Waals surface area (Å²) >= 11 is 0. The standard InChI is InChI=1S/C3H8O3S/c1-2-3-7(4,5)6/h2-6H,1H3. The first-order chi connectivity index (χ1) is 3.06. The van der Waals surface area contributed by atoms with Crippen molar-refractivity contribution in [3.63, 3.8) is 0 Å². The first-order valence-electron chi connectivity index (χ1n) is 1.69. The Hall–Kier alpha value is -0.0300. The van der Waals surface area contributed by atoms with Crippen LogP contribution in [0.4, 0.5) is 0 Å². The zero-order chi connectivity index (χ0) is 5.91. The van der Waals surface area contributed by atoms with Gasteiger partial charge in [0.1, 0.15) is 10.9 Å². The predicted molar refractivity (Wildman–Crippen MR) is 30.3 cm³/mol. The van der Waals surface area contributed by atoms with Gasteiger partial charge in [-0.25, -0.2) is 0 Å².